The summed E-state index contributed by atoms with van der Waals surface area (Å²) in [6.07, 6.45) is 8.04. The van der Waals surface area contributed by atoms with Gasteiger partial charge >= 0.3 is 5.69 Å². The van der Waals surface area contributed by atoms with Gasteiger partial charge in [0.05, 0.1) is 6.54 Å². The molecule has 3 aromatic heterocycles. The highest BCUT2D eigenvalue weighted by Gasteiger charge is 2.22. The third-order valence-electron chi connectivity index (χ3n) is 5.13. The fraction of sp³-hybridized carbons (Fsp3) is 0.444. The molecule has 1 N–H and O–H groups in total. The zero-order valence-corrected chi connectivity index (χ0v) is 15.0. The minimum Gasteiger partial charge on any atom is -0.353 e. The topological polar surface area (TPSA) is 86.7 Å². The molecule has 8 heteroatoms. The summed E-state index contributed by atoms with van der Waals surface area (Å²) in [5.74, 6) is 0.641. The van der Waals surface area contributed by atoms with Gasteiger partial charge in [-0.25, -0.2) is 4.79 Å². The van der Waals surface area contributed by atoms with Gasteiger partial charge in [0.25, 0.3) is 5.56 Å². The summed E-state index contributed by atoms with van der Waals surface area (Å²) in [6, 6.07) is 4.18. The summed E-state index contributed by atoms with van der Waals surface area (Å²) < 4.78 is 4.44. The highest BCUT2D eigenvalue weighted by molar-refractivity contribution is 5.74. The number of nitrogens with zero attached hydrogens (tertiary/aromatic N) is 5. The Morgan fingerprint density at radius 1 is 1.12 bits per heavy atom. The highest BCUT2D eigenvalue weighted by Crippen LogP contribution is 2.24. The van der Waals surface area contributed by atoms with Gasteiger partial charge in [0.1, 0.15) is 0 Å². The molecule has 1 fully saturated rings. The molecule has 0 bridgehead atoms. The standard InChI is InChI=1S/C18H22N6O2/c1-22-15-14(16(25)23(2)18(22)26)24(11-12-7-9-19-10-8-12)17(21-15)20-13-5-3-4-6-13/h7-10,13H,3-6,11H2,1-2H3,(H,20,21). The quantitative estimate of drug-likeness (QED) is 0.761. The van der Waals surface area contributed by atoms with E-state index in [9.17, 15) is 9.59 Å². The maximum atomic E-state index is 12.8. The molecule has 0 unspecified atom stereocenters. The Balaban J connectivity index is 1.92. The Kier molecular flexibility index (Phi) is 4.10. The zero-order valence-electron chi connectivity index (χ0n) is 15.0. The third-order valence-corrected chi connectivity index (χ3v) is 5.13. The normalized spacial score (nSPS) is 15.0. The number of anilines is 1. The molecule has 0 amide bonds. The smallest absolute Gasteiger partial charge is 0.332 e. The summed E-state index contributed by atoms with van der Waals surface area (Å²) in [5.41, 5.74) is 1.16. The van der Waals surface area contributed by atoms with Crippen molar-refractivity contribution in [1.29, 1.82) is 0 Å². The van der Waals surface area contributed by atoms with E-state index < -0.39 is 0 Å². The number of imidazole rings is 1. The molecule has 3 aromatic rings. The molecule has 0 aromatic carbocycles. The SMILES string of the molecule is Cn1c(=O)c2c(nc(NC3CCCC3)n2Cc2ccncc2)n(C)c1=O. The Morgan fingerprint density at radius 3 is 2.50 bits per heavy atom. The Labute approximate surface area is 150 Å². The molecule has 3 heterocycles. The molecule has 0 aliphatic heterocycles. The van der Waals surface area contributed by atoms with Crippen LogP contribution in [0.25, 0.3) is 11.2 Å². The number of aromatic nitrogens is 5. The lowest BCUT2D eigenvalue weighted by molar-refractivity contribution is 0.700. The zero-order chi connectivity index (χ0) is 18.3. The lowest BCUT2D eigenvalue weighted by Gasteiger charge is -2.15. The first-order valence-electron chi connectivity index (χ1n) is 8.88. The van der Waals surface area contributed by atoms with Crippen molar-refractivity contribution in [3.63, 3.8) is 0 Å². The molecule has 1 saturated carbocycles. The van der Waals surface area contributed by atoms with E-state index in [1.165, 1.54) is 24.5 Å². The van der Waals surface area contributed by atoms with Crippen LogP contribution in [0, 0.1) is 0 Å². The largest absolute Gasteiger partial charge is 0.353 e. The van der Waals surface area contributed by atoms with Crippen molar-refractivity contribution in [1.82, 2.24) is 23.7 Å². The lowest BCUT2D eigenvalue weighted by Crippen LogP contribution is -2.37. The summed E-state index contributed by atoms with van der Waals surface area (Å²) in [6.45, 7) is 0.488. The minimum atomic E-state index is -0.372. The number of rotatable bonds is 4. The second kappa shape index (κ2) is 6.44. The number of hydrogen-bond acceptors (Lipinski definition) is 5. The Bertz CT molecular complexity index is 1060. The van der Waals surface area contributed by atoms with E-state index >= 15 is 0 Å². The van der Waals surface area contributed by atoms with E-state index in [1.54, 1.807) is 19.4 Å². The molecular weight excluding hydrogens is 332 g/mol. The van der Waals surface area contributed by atoms with Gasteiger partial charge < -0.3 is 5.32 Å². The molecule has 1 aliphatic carbocycles. The fourth-order valence-corrected chi connectivity index (χ4v) is 3.63. The van der Waals surface area contributed by atoms with Gasteiger partial charge in [0.15, 0.2) is 11.2 Å². The predicted octanol–water partition coefficient (Wildman–Crippen LogP) is 1.23. The van der Waals surface area contributed by atoms with Crippen LogP contribution in [0.15, 0.2) is 34.1 Å². The van der Waals surface area contributed by atoms with E-state index in [0.717, 1.165) is 23.0 Å². The van der Waals surface area contributed by atoms with Crippen LogP contribution in [0.4, 0.5) is 5.95 Å². The van der Waals surface area contributed by atoms with Crippen molar-refractivity contribution >= 4 is 17.1 Å². The van der Waals surface area contributed by atoms with Crippen LogP contribution in [-0.2, 0) is 20.6 Å². The van der Waals surface area contributed by atoms with Crippen molar-refractivity contribution in [2.24, 2.45) is 14.1 Å². The van der Waals surface area contributed by atoms with E-state index in [4.69, 9.17) is 0 Å². The van der Waals surface area contributed by atoms with Gasteiger partial charge in [-0.05, 0) is 30.5 Å². The number of nitrogens with one attached hydrogen (secondary N) is 1. The van der Waals surface area contributed by atoms with E-state index in [-0.39, 0.29) is 11.2 Å². The first-order valence-corrected chi connectivity index (χ1v) is 8.88. The van der Waals surface area contributed by atoms with E-state index in [1.807, 2.05) is 16.7 Å². The van der Waals surface area contributed by atoms with Gasteiger partial charge in [-0.3, -0.25) is 23.5 Å². The predicted molar refractivity (Wildman–Crippen MR) is 99.4 cm³/mol. The van der Waals surface area contributed by atoms with Gasteiger partial charge in [0, 0.05) is 32.5 Å². The molecule has 26 heavy (non-hydrogen) atoms. The van der Waals surface area contributed by atoms with Gasteiger partial charge in [-0.2, -0.15) is 4.98 Å². The maximum absolute atomic E-state index is 12.8. The minimum absolute atomic E-state index is 0.330. The molecule has 136 valence electrons. The highest BCUT2D eigenvalue weighted by atomic mass is 16.2. The monoisotopic (exact) mass is 354 g/mol. The average molecular weight is 354 g/mol. The van der Waals surface area contributed by atoms with E-state index in [0.29, 0.717) is 29.7 Å². The van der Waals surface area contributed by atoms with Gasteiger partial charge in [-0.15, -0.1) is 0 Å². The van der Waals surface area contributed by atoms with Crippen LogP contribution in [0.1, 0.15) is 31.2 Å². The first kappa shape index (κ1) is 16.6. The van der Waals surface area contributed by atoms with Crippen LogP contribution in [0.2, 0.25) is 0 Å². The molecule has 0 atom stereocenters. The van der Waals surface area contributed by atoms with Crippen LogP contribution in [0.5, 0.6) is 0 Å². The maximum Gasteiger partial charge on any atom is 0.332 e. The van der Waals surface area contributed by atoms with E-state index in [2.05, 4.69) is 15.3 Å². The van der Waals surface area contributed by atoms with Crippen molar-refractivity contribution < 1.29 is 0 Å². The van der Waals surface area contributed by atoms with Gasteiger partial charge in [0.2, 0.25) is 5.95 Å². The Hall–Kier alpha value is -2.90. The number of fused-ring (bicyclic) bond motifs is 1. The number of hydrogen-bond donors (Lipinski definition) is 1. The fourth-order valence-electron chi connectivity index (χ4n) is 3.63. The summed E-state index contributed by atoms with van der Waals surface area (Å²) in [4.78, 5) is 33.8. The van der Waals surface area contributed by atoms with Crippen molar-refractivity contribution in [3.05, 3.63) is 50.9 Å². The summed E-state index contributed by atoms with van der Waals surface area (Å²) in [7, 11) is 3.14. The van der Waals surface area contributed by atoms with Crippen LogP contribution in [0.3, 0.4) is 0 Å². The third kappa shape index (κ3) is 2.71. The molecule has 0 spiro atoms. The van der Waals surface area contributed by atoms with Crippen LogP contribution < -0.4 is 16.6 Å². The Morgan fingerprint density at radius 2 is 1.81 bits per heavy atom. The van der Waals surface area contributed by atoms with Crippen molar-refractivity contribution in [2.75, 3.05) is 5.32 Å². The first-order chi connectivity index (χ1) is 12.6. The molecular formula is C18H22N6O2. The van der Waals surface area contributed by atoms with Gasteiger partial charge in [-0.1, -0.05) is 12.8 Å². The molecule has 1 aliphatic rings. The number of pyridine rings is 1. The van der Waals surface area contributed by atoms with Crippen LogP contribution >= 0.6 is 0 Å². The second-order valence-corrected chi connectivity index (χ2v) is 6.88. The number of aryl methyl sites for hydroxylation is 1. The summed E-state index contributed by atoms with van der Waals surface area (Å²) >= 11 is 0. The molecule has 8 nitrogen and oxygen atoms in total. The molecule has 0 radical (unpaired) electrons. The molecule has 4 rings (SSSR count). The molecule has 0 saturated heterocycles. The average Bonchev–Trinajstić information content (AvgIpc) is 3.28. The van der Waals surface area contributed by atoms with Crippen LogP contribution in [-0.4, -0.2) is 29.7 Å². The lowest BCUT2D eigenvalue weighted by atomic mass is 10.2. The van der Waals surface area contributed by atoms with Crippen molar-refractivity contribution in [2.45, 2.75) is 38.3 Å². The van der Waals surface area contributed by atoms with Crippen molar-refractivity contribution in [3.8, 4) is 0 Å². The summed E-state index contributed by atoms with van der Waals surface area (Å²) in [5, 5.41) is 3.49. The second-order valence-electron chi connectivity index (χ2n) is 6.88.